The summed E-state index contributed by atoms with van der Waals surface area (Å²) in [5, 5.41) is 3.00. The molecule has 1 heterocycles. The molecule has 0 aliphatic carbocycles. The number of carbonyl (C=O) groups excluding carboxylic acids is 2. The fourth-order valence-corrected chi connectivity index (χ4v) is 2.77. The molecule has 0 saturated heterocycles. The number of hydrogen-bond donors (Lipinski definition) is 1. The molecule has 0 saturated carbocycles. The minimum absolute atomic E-state index is 0.0656. The Balaban J connectivity index is 1.80. The van der Waals surface area contributed by atoms with Crippen LogP contribution in [0.1, 0.15) is 35.8 Å². The molecule has 2 rings (SSSR count). The third kappa shape index (κ3) is 7.44. The average Bonchev–Trinajstić information content (AvgIpc) is 2.73. The van der Waals surface area contributed by atoms with Crippen LogP contribution < -0.4 is 5.32 Å². The molecule has 2 amide bonds. The van der Waals surface area contributed by atoms with Gasteiger partial charge in [0.25, 0.3) is 5.91 Å². The van der Waals surface area contributed by atoms with E-state index in [1.807, 2.05) is 25.1 Å². The van der Waals surface area contributed by atoms with Crippen LogP contribution in [0.3, 0.4) is 0 Å². The summed E-state index contributed by atoms with van der Waals surface area (Å²) in [6, 6.07) is 10.3. The second-order valence-corrected chi connectivity index (χ2v) is 6.62. The fraction of sp³-hybridized carbons (Fsp3) is 0.429. The van der Waals surface area contributed by atoms with Crippen molar-refractivity contribution in [2.45, 2.75) is 32.2 Å². The van der Waals surface area contributed by atoms with Crippen LogP contribution in [0.4, 0.5) is 0 Å². The van der Waals surface area contributed by atoms with E-state index in [-0.39, 0.29) is 30.0 Å². The van der Waals surface area contributed by atoms with Crippen LogP contribution in [-0.2, 0) is 16.0 Å². The summed E-state index contributed by atoms with van der Waals surface area (Å²) in [5.41, 5.74) is 1.51. The predicted molar refractivity (Wildman–Crippen MR) is 107 cm³/mol. The Bertz CT molecular complexity index is 725. The van der Waals surface area contributed by atoms with Gasteiger partial charge < -0.3 is 15.0 Å². The predicted octanol–water partition coefficient (Wildman–Crippen LogP) is 2.09. The van der Waals surface area contributed by atoms with E-state index >= 15 is 0 Å². The van der Waals surface area contributed by atoms with Crippen LogP contribution in [0.5, 0.6) is 0 Å². The first-order chi connectivity index (χ1) is 13.6. The van der Waals surface area contributed by atoms with Gasteiger partial charge in [-0.3, -0.25) is 14.6 Å². The standard InChI is InChI=1S/C21H28N4O3/c1-17(8-9-18-6-4-3-5-7-18)24-20(26)10-13-25(14-15-28-2)21(27)19-16-22-11-12-23-19/h3-7,11-12,16-17H,8-10,13-15H2,1-2H3,(H,24,26)/t17-/m0/s1. The van der Waals surface area contributed by atoms with Gasteiger partial charge >= 0.3 is 0 Å². The zero-order valence-electron chi connectivity index (χ0n) is 16.5. The van der Waals surface area contributed by atoms with Gasteiger partial charge in [0.2, 0.25) is 5.91 Å². The number of rotatable bonds is 11. The van der Waals surface area contributed by atoms with Gasteiger partial charge in [0, 0.05) is 45.1 Å². The van der Waals surface area contributed by atoms with Crippen molar-refractivity contribution in [2.24, 2.45) is 0 Å². The molecule has 0 radical (unpaired) electrons. The number of carbonyl (C=O) groups is 2. The lowest BCUT2D eigenvalue weighted by Crippen LogP contribution is -2.39. The third-order valence-electron chi connectivity index (χ3n) is 4.36. The van der Waals surface area contributed by atoms with E-state index in [1.165, 1.54) is 24.2 Å². The molecule has 0 aliphatic heterocycles. The van der Waals surface area contributed by atoms with E-state index in [4.69, 9.17) is 4.74 Å². The van der Waals surface area contributed by atoms with E-state index < -0.39 is 0 Å². The van der Waals surface area contributed by atoms with Gasteiger partial charge in [-0.2, -0.15) is 0 Å². The van der Waals surface area contributed by atoms with Gasteiger partial charge in [0.1, 0.15) is 5.69 Å². The Morgan fingerprint density at radius 1 is 1.18 bits per heavy atom. The van der Waals surface area contributed by atoms with Crippen LogP contribution in [0.2, 0.25) is 0 Å². The molecule has 1 aromatic carbocycles. The van der Waals surface area contributed by atoms with Crippen molar-refractivity contribution in [3.05, 3.63) is 60.2 Å². The number of ether oxygens (including phenoxy) is 1. The molecule has 0 spiro atoms. The summed E-state index contributed by atoms with van der Waals surface area (Å²) in [7, 11) is 1.58. The van der Waals surface area contributed by atoms with E-state index in [9.17, 15) is 9.59 Å². The normalized spacial score (nSPS) is 11.6. The number of hydrogen-bond acceptors (Lipinski definition) is 5. The van der Waals surface area contributed by atoms with Crippen molar-refractivity contribution in [1.82, 2.24) is 20.2 Å². The molecule has 0 unspecified atom stereocenters. The van der Waals surface area contributed by atoms with Crippen LogP contribution in [0.25, 0.3) is 0 Å². The second-order valence-electron chi connectivity index (χ2n) is 6.62. The summed E-state index contributed by atoms with van der Waals surface area (Å²) in [6.45, 7) is 3.08. The lowest BCUT2D eigenvalue weighted by Gasteiger charge is -2.22. The number of nitrogens with zero attached hydrogens (tertiary/aromatic N) is 3. The maximum Gasteiger partial charge on any atom is 0.274 e. The number of aryl methyl sites for hydroxylation is 1. The van der Waals surface area contributed by atoms with Crippen molar-refractivity contribution in [3.8, 4) is 0 Å². The SMILES string of the molecule is COCCN(CCC(=O)N[C@@H](C)CCc1ccccc1)C(=O)c1cnccn1. The number of nitrogens with one attached hydrogen (secondary N) is 1. The molecule has 7 nitrogen and oxygen atoms in total. The molecule has 1 aromatic heterocycles. The van der Waals surface area contributed by atoms with E-state index in [2.05, 4.69) is 27.4 Å². The van der Waals surface area contributed by atoms with Gasteiger partial charge in [-0.15, -0.1) is 0 Å². The van der Waals surface area contributed by atoms with Crippen molar-refractivity contribution in [3.63, 3.8) is 0 Å². The van der Waals surface area contributed by atoms with Gasteiger partial charge in [-0.1, -0.05) is 30.3 Å². The van der Waals surface area contributed by atoms with Crippen LogP contribution in [0, 0.1) is 0 Å². The second kappa shape index (κ2) is 11.8. The first-order valence-corrected chi connectivity index (χ1v) is 9.47. The van der Waals surface area contributed by atoms with E-state index in [1.54, 1.807) is 12.0 Å². The molecule has 150 valence electrons. The van der Waals surface area contributed by atoms with Gasteiger partial charge in [0.15, 0.2) is 0 Å². The van der Waals surface area contributed by atoms with Crippen molar-refractivity contribution in [1.29, 1.82) is 0 Å². The summed E-state index contributed by atoms with van der Waals surface area (Å²) < 4.78 is 5.07. The number of amides is 2. The molecular weight excluding hydrogens is 356 g/mol. The molecule has 0 fully saturated rings. The zero-order chi connectivity index (χ0) is 20.2. The summed E-state index contributed by atoms with van der Waals surface area (Å²) in [4.78, 5) is 34.4. The molecule has 1 N–H and O–H groups in total. The van der Waals surface area contributed by atoms with Crippen molar-refractivity contribution < 1.29 is 14.3 Å². The summed E-state index contributed by atoms with van der Waals surface area (Å²) in [6.07, 6.45) is 6.41. The molecule has 7 heteroatoms. The first kappa shape index (κ1) is 21.5. The lowest BCUT2D eigenvalue weighted by atomic mass is 10.1. The molecule has 2 aromatic rings. The third-order valence-corrected chi connectivity index (χ3v) is 4.36. The van der Waals surface area contributed by atoms with Gasteiger partial charge in [-0.05, 0) is 25.3 Å². The average molecular weight is 384 g/mol. The number of aromatic nitrogens is 2. The Morgan fingerprint density at radius 3 is 2.64 bits per heavy atom. The van der Waals surface area contributed by atoms with Crippen LogP contribution in [-0.4, -0.2) is 59.5 Å². The monoisotopic (exact) mass is 384 g/mol. The molecule has 0 aliphatic rings. The summed E-state index contributed by atoms with van der Waals surface area (Å²) >= 11 is 0. The largest absolute Gasteiger partial charge is 0.383 e. The zero-order valence-corrected chi connectivity index (χ0v) is 16.5. The minimum atomic E-state index is -0.255. The highest BCUT2D eigenvalue weighted by molar-refractivity contribution is 5.92. The quantitative estimate of drug-likeness (QED) is 0.641. The molecule has 0 bridgehead atoms. The maximum atomic E-state index is 12.6. The highest BCUT2D eigenvalue weighted by Crippen LogP contribution is 2.06. The molecule has 28 heavy (non-hydrogen) atoms. The van der Waals surface area contributed by atoms with Crippen LogP contribution >= 0.6 is 0 Å². The lowest BCUT2D eigenvalue weighted by molar-refractivity contribution is -0.121. The van der Waals surface area contributed by atoms with Crippen molar-refractivity contribution in [2.75, 3.05) is 26.8 Å². The Morgan fingerprint density at radius 2 is 1.96 bits per heavy atom. The van der Waals surface area contributed by atoms with Crippen molar-refractivity contribution >= 4 is 11.8 Å². The van der Waals surface area contributed by atoms with E-state index in [0.717, 1.165) is 12.8 Å². The first-order valence-electron chi connectivity index (χ1n) is 9.47. The van der Waals surface area contributed by atoms with Gasteiger partial charge in [0.05, 0.1) is 12.8 Å². The highest BCUT2D eigenvalue weighted by Gasteiger charge is 2.18. The maximum absolute atomic E-state index is 12.6. The molecule has 1 atom stereocenters. The fourth-order valence-electron chi connectivity index (χ4n) is 2.77. The summed E-state index contributed by atoms with van der Waals surface area (Å²) in [5.74, 6) is -0.329. The minimum Gasteiger partial charge on any atom is -0.383 e. The van der Waals surface area contributed by atoms with E-state index in [0.29, 0.717) is 19.7 Å². The highest BCUT2D eigenvalue weighted by atomic mass is 16.5. The topological polar surface area (TPSA) is 84.4 Å². The smallest absolute Gasteiger partial charge is 0.274 e. The Kier molecular flexibility index (Phi) is 9.07. The van der Waals surface area contributed by atoms with Gasteiger partial charge in [-0.25, -0.2) is 4.98 Å². The number of methoxy groups -OCH3 is 1. The Labute approximate surface area is 166 Å². The number of benzene rings is 1. The van der Waals surface area contributed by atoms with Crippen LogP contribution in [0.15, 0.2) is 48.9 Å². The molecular formula is C21H28N4O3. The Hall–Kier alpha value is -2.80.